The van der Waals surface area contributed by atoms with Gasteiger partial charge in [0.1, 0.15) is 6.61 Å². The number of pyridine rings is 1. The summed E-state index contributed by atoms with van der Waals surface area (Å²) in [6.45, 7) is -0.0484. The molecule has 18 heavy (non-hydrogen) atoms. The molecular weight excluding hydrogens is 234 g/mol. The van der Waals surface area contributed by atoms with E-state index in [1.54, 1.807) is 6.07 Å². The number of ketones is 2. The molecule has 0 atom stereocenters. The minimum absolute atomic E-state index is 0.0238. The van der Waals surface area contributed by atoms with Crippen molar-refractivity contribution in [2.24, 2.45) is 0 Å². The van der Waals surface area contributed by atoms with Crippen LogP contribution in [0.5, 0.6) is 0 Å². The molecule has 0 saturated heterocycles. The van der Waals surface area contributed by atoms with Gasteiger partial charge in [-0.05, 0) is 18.9 Å². The minimum Gasteiger partial charge on any atom is -0.377 e. The number of aromatic nitrogens is 1. The van der Waals surface area contributed by atoms with E-state index in [0.717, 1.165) is 6.42 Å². The predicted octanol–water partition coefficient (Wildman–Crippen LogP) is 0.583. The maximum Gasteiger partial charge on any atom is 0.251 e. The number of Topliss-reactive ketones (excluding diaryl/α,β-unsaturated/α-hetero) is 2. The smallest absolute Gasteiger partial charge is 0.251 e. The first kappa shape index (κ1) is 12.7. The first-order chi connectivity index (χ1) is 8.63. The van der Waals surface area contributed by atoms with Gasteiger partial charge in [0.2, 0.25) is 0 Å². The van der Waals surface area contributed by atoms with E-state index in [0.29, 0.717) is 24.1 Å². The third kappa shape index (κ3) is 2.41. The third-order valence-electron chi connectivity index (χ3n) is 3.05. The van der Waals surface area contributed by atoms with Gasteiger partial charge in [0.25, 0.3) is 5.56 Å². The molecule has 0 fully saturated rings. The van der Waals surface area contributed by atoms with E-state index >= 15 is 0 Å². The van der Waals surface area contributed by atoms with E-state index in [2.05, 4.69) is 0 Å². The Morgan fingerprint density at radius 2 is 2.11 bits per heavy atom. The fourth-order valence-electron chi connectivity index (χ4n) is 2.25. The summed E-state index contributed by atoms with van der Waals surface area (Å²) in [5.74, 6) is -0.129. The molecule has 96 valence electrons. The Kier molecular flexibility index (Phi) is 3.72. The second kappa shape index (κ2) is 5.27. The zero-order valence-electron chi connectivity index (χ0n) is 10.3. The maximum absolute atomic E-state index is 11.8. The van der Waals surface area contributed by atoms with E-state index in [1.165, 1.54) is 17.7 Å². The highest BCUT2D eigenvalue weighted by Crippen LogP contribution is 2.19. The fraction of sp³-hybridized carbons (Fsp3) is 0.462. The zero-order chi connectivity index (χ0) is 13.1. The van der Waals surface area contributed by atoms with Crippen LogP contribution in [-0.2, 0) is 22.5 Å². The lowest BCUT2D eigenvalue weighted by atomic mass is 9.94. The van der Waals surface area contributed by atoms with Crippen LogP contribution in [0.2, 0.25) is 0 Å². The number of carbonyl (C=O) groups excluding carboxylic acids is 2. The quantitative estimate of drug-likeness (QED) is 0.783. The molecule has 0 bridgehead atoms. The number of nitrogens with zero attached hydrogens (tertiary/aromatic N) is 1. The largest absolute Gasteiger partial charge is 0.377 e. The van der Waals surface area contributed by atoms with Crippen LogP contribution >= 0.6 is 0 Å². The number of hydrogen-bond acceptors (Lipinski definition) is 4. The SMILES string of the molecule is COCC(=O)Cn1c2c(ccc1=O)C(=O)CCC2. The van der Waals surface area contributed by atoms with Gasteiger partial charge in [-0.15, -0.1) is 0 Å². The highest BCUT2D eigenvalue weighted by Gasteiger charge is 2.21. The average molecular weight is 249 g/mol. The molecule has 5 heteroatoms. The molecule has 5 nitrogen and oxygen atoms in total. The highest BCUT2D eigenvalue weighted by atomic mass is 16.5. The number of carbonyl (C=O) groups is 2. The Morgan fingerprint density at radius 3 is 2.83 bits per heavy atom. The lowest BCUT2D eigenvalue weighted by Gasteiger charge is -2.19. The van der Waals surface area contributed by atoms with Crippen molar-refractivity contribution in [3.05, 3.63) is 33.7 Å². The molecule has 1 aromatic rings. The Morgan fingerprint density at radius 1 is 1.33 bits per heavy atom. The van der Waals surface area contributed by atoms with Gasteiger partial charge in [-0.1, -0.05) is 0 Å². The monoisotopic (exact) mass is 249 g/mol. The maximum atomic E-state index is 11.8. The summed E-state index contributed by atoms with van der Waals surface area (Å²) in [4.78, 5) is 35.1. The van der Waals surface area contributed by atoms with Crippen molar-refractivity contribution in [3.63, 3.8) is 0 Å². The Balaban J connectivity index is 2.40. The van der Waals surface area contributed by atoms with Crippen LogP contribution in [0.3, 0.4) is 0 Å². The summed E-state index contributed by atoms with van der Waals surface area (Å²) in [6, 6.07) is 2.92. The molecule has 0 saturated carbocycles. The molecule has 1 heterocycles. The molecular formula is C13H15NO4. The van der Waals surface area contributed by atoms with Gasteiger partial charge in [0.05, 0.1) is 6.54 Å². The molecule has 0 aromatic carbocycles. The van der Waals surface area contributed by atoms with Crippen molar-refractivity contribution in [2.75, 3.05) is 13.7 Å². The van der Waals surface area contributed by atoms with Crippen LogP contribution in [0.15, 0.2) is 16.9 Å². The molecule has 0 unspecified atom stereocenters. The van der Waals surface area contributed by atoms with E-state index < -0.39 is 0 Å². The van der Waals surface area contributed by atoms with Crippen LogP contribution in [0.25, 0.3) is 0 Å². The summed E-state index contributed by atoms with van der Waals surface area (Å²) in [6.07, 6.45) is 1.91. The Bertz CT molecular complexity index is 544. The van der Waals surface area contributed by atoms with Crippen LogP contribution in [-0.4, -0.2) is 29.9 Å². The van der Waals surface area contributed by atoms with Crippen LogP contribution in [0.1, 0.15) is 28.9 Å². The van der Waals surface area contributed by atoms with E-state index in [1.807, 2.05) is 0 Å². The van der Waals surface area contributed by atoms with Crippen molar-refractivity contribution >= 4 is 11.6 Å². The zero-order valence-corrected chi connectivity index (χ0v) is 10.3. The van der Waals surface area contributed by atoms with E-state index in [9.17, 15) is 14.4 Å². The van der Waals surface area contributed by atoms with Gasteiger partial charge in [0, 0.05) is 30.9 Å². The van der Waals surface area contributed by atoms with Gasteiger partial charge in [0.15, 0.2) is 11.6 Å². The molecule has 0 spiro atoms. The topological polar surface area (TPSA) is 65.4 Å². The lowest BCUT2D eigenvalue weighted by Crippen LogP contribution is -2.31. The minimum atomic E-state index is -0.243. The van der Waals surface area contributed by atoms with Crippen molar-refractivity contribution in [1.29, 1.82) is 0 Å². The number of hydrogen-bond donors (Lipinski definition) is 0. The van der Waals surface area contributed by atoms with E-state index in [4.69, 9.17) is 4.74 Å². The standard InChI is InChI=1S/C13H15NO4/c1-18-8-9(15)7-14-11-3-2-4-12(16)10(11)5-6-13(14)17/h5-6H,2-4,7-8H2,1H3. The third-order valence-corrected chi connectivity index (χ3v) is 3.05. The number of methoxy groups -OCH3 is 1. The molecule has 0 amide bonds. The van der Waals surface area contributed by atoms with Gasteiger partial charge >= 0.3 is 0 Å². The molecule has 0 N–H and O–H groups in total. The second-order valence-electron chi connectivity index (χ2n) is 4.37. The molecule has 1 aliphatic carbocycles. The van der Waals surface area contributed by atoms with Crippen LogP contribution in [0, 0.1) is 0 Å². The summed E-state index contributed by atoms with van der Waals surface area (Å²) < 4.78 is 6.15. The van der Waals surface area contributed by atoms with Crippen molar-refractivity contribution in [2.45, 2.75) is 25.8 Å². The Hall–Kier alpha value is -1.75. The van der Waals surface area contributed by atoms with Gasteiger partial charge in [-0.2, -0.15) is 0 Å². The molecule has 1 aliphatic rings. The van der Waals surface area contributed by atoms with Gasteiger partial charge < -0.3 is 9.30 Å². The van der Waals surface area contributed by atoms with Crippen molar-refractivity contribution in [1.82, 2.24) is 4.57 Å². The Labute approximate surface area is 104 Å². The molecule has 1 aromatic heterocycles. The first-order valence-electron chi connectivity index (χ1n) is 5.90. The van der Waals surface area contributed by atoms with E-state index in [-0.39, 0.29) is 30.3 Å². The number of rotatable bonds is 4. The fourth-order valence-corrected chi connectivity index (χ4v) is 2.25. The van der Waals surface area contributed by atoms with Crippen molar-refractivity contribution in [3.8, 4) is 0 Å². The summed E-state index contributed by atoms with van der Waals surface area (Å²) in [5.41, 5.74) is 1.02. The van der Waals surface area contributed by atoms with Gasteiger partial charge in [-0.25, -0.2) is 0 Å². The summed E-state index contributed by atoms with van der Waals surface area (Å²) >= 11 is 0. The highest BCUT2D eigenvalue weighted by molar-refractivity contribution is 5.98. The number of fused-ring (bicyclic) bond motifs is 1. The summed E-state index contributed by atoms with van der Waals surface area (Å²) in [7, 11) is 1.44. The second-order valence-corrected chi connectivity index (χ2v) is 4.37. The molecule has 0 radical (unpaired) electrons. The molecule has 0 aliphatic heterocycles. The average Bonchev–Trinajstić information content (AvgIpc) is 2.33. The van der Waals surface area contributed by atoms with Gasteiger partial charge in [-0.3, -0.25) is 14.4 Å². The van der Waals surface area contributed by atoms with Crippen LogP contribution < -0.4 is 5.56 Å². The summed E-state index contributed by atoms with van der Waals surface area (Å²) in [5, 5.41) is 0. The first-order valence-corrected chi connectivity index (χ1v) is 5.90. The number of ether oxygens (including phenoxy) is 1. The van der Waals surface area contributed by atoms with Crippen molar-refractivity contribution < 1.29 is 14.3 Å². The predicted molar refractivity (Wildman–Crippen MR) is 64.9 cm³/mol. The van der Waals surface area contributed by atoms with Crippen LogP contribution in [0.4, 0.5) is 0 Å². The molecule has 2 rings (SSSR count). The normalized spacial score (nSPS) is 14.4. The lowest BCUT2D eigenvalue weighted by molar-refractivity contribution is -0.123.